The zero-order valence-electron chi connectivity index (χ0n) is 14.7. The van der Waals surface area contributed by atoms with Crippen LogP contribution in [-0.2, 0) is 0 Å². The van der Waals surface area contributed by atoms with Crippen LogP contribution in [0.4, 0.5) is 14.6 Å². The molecule has 4 N–H and O–H groups in total. The number of hydrazone groups is 1. The van der Waals surface area contributed by atoms with Crippen LogP contribution in [0, 0.1) is 0 Å². The predicted octanol–water partition coefficient (Wildman–Crippen LogP) is 2.80. The van der Waals surface area contributed by atoms with Crippen molar-refractivity contribution in [3.05, 3.63) is 65.4 Å². The van der Waals surface area contributed by atoms with Crippen LogP contribution in [-0.4, -0.2) is 32.5 Å². The van der Waals surface area contributed by atoms with E-state index in [9.17, 15) is 4.39 Å². The van der Waals surface area contributed by atoms with Crippen LogP contribution in [0.1, 0.15) is 12.5 Å². The third kappa shape index (κ3) is 3.08. The van der Waals surface area contributed by atoms with E-state index in [-0.39, 0.29) is 16.7 Å². The molecule has 0 saturated heterocycles. The van der Waals surface area contributed by atoms with Crippen LogP contribution in [0.5, 0.6) is 0 Å². The highest BCUT2D eigenvalue weighted by atomic mass is 35.5. The minimum Gasteiger partial charge on any atom is -0.383 e. The summed E-state index contributed by atoms with van der Waals surface area (Å²) in [7, 11) is 0. The van der Waals surface area contributed by atoms with Crippen molar-refractivity contribution < 1.29 is 8.78 Å². The lowest BCUT2D eigenvalue weighted by molar-refractivity contribution is 0.109. The van der Waals surface area contributed by atoms with Crippen LogP contribution in [0.2, 0.25) is 0 Å². The van der Waals surface area contributed by atoms with E-state index in [1.165, 1.54) is 11.9 Å². The molecule has 2 aromatic heterocycles. The highest BCUT2D eigenvalue weighted by Gasteiger charge is 2.45. The number of pyridine rings is 2. The Balaban J connectivity index is 1.76. The number of allylic oxidation sites excluding steroid dienone is 2. The molecule has 0 fully saturated rings. The number of nitrogens with one attached hydrogen (secondary N) is 2. The first-order valence-electron chi connectivity index (χ1n) is 8.35. The summed E-state index contributed by atoms with van der Waals surface area (Å²) in [6.07, 6.45) is 7.07. The van der Waals surface area contributed by atoms with Gasteiger partial charge in [-0.15, -0.1) is 10.6 Å². The molecule has 2 unspecified atom stereocenters. The highest BCUT2D eigenvalue weighted by molar-refractivity contribution is 6.31. The maximum atomic E-state index is 15.2. The quantitative estimate of drug-likeness (QED) is 0.730. The molecular weight excluding hydrogens is 388 g/mol. The zero-order valence-corrected chi connectivity index (χ0v) is 15.5. The maximum absolute atomic E-state index is 15.2. The van der Waals surface area contributed by atoms with Crippen LogP contribution in [0.3, 0.4) is 0 Å². The predicted molar refractivity (Wildman–Crippen MR) is 103 cm³/mol. The molecule has 1 aliphatic carbocycles. The van der Waals surface area contributed by atoms with Gasteiger partial charge in [0.2, 0.25) is 0 Å². The molecule has 0 aromatic carbocycles. The lowest BCUT2D eigenvalue weighted by Crippen LogP contribution is -2.56. The van der Waals surface area contributed by atoms with Crippen molar-refractivity contribution in [3.8, 4) is 11.1 Å². The number of amidine groups is 1. The second kappa shape index (κ2) is 6.84. The smallest absolute Gasteiger partial charge is 0.177 e. The molecule has 3 heterocycles. The molecule has 1 aliphatic heterocycles. The third-order valence-electron chi connectivity index (χ3n) is 4.53. The molecule has 0 radical (unpaired) electrons. The third-order valence-corrected chi connectivity index (χ3v) is 4.92. The topological polar surface area (TPSA) is 91.5 Å². The number of anilines is 1. The van der Waals surface area contributed by atoms with Gasteiger partial charge in [-0.2, -0.15) is 0 Å². The summed E-state index contributed by atoms with van der Waals surface area (Å²) in [5.74, 6) is -0.315. The van der Waals surface area contributed by atoms with Crippen LogP contribution in [0.15, 0.2) is 64.9 Å². The summed E-state index contributed by atoms with van der Waals surface area (Å²) in [4.78, 5) is 8.30. The molecule has 0 saturated carbocycles. The fraction of sp³-hybridized carbons (Fsp3) is 0.167. The van der Waals surface area contributed by atoms with Gasteiger partial charge in [0, 0.05) is 29.7 Å². The molecule has 2 aromatic rings. The molecule has 7 nitrogen and oxygen atoms in total. The highest BCUT2D eigenvalue weighted by Crippen LogP contribution is 2.37. The Bertz CT molecular complexity index is 1000. The molecule has 0 spiro atoms. The largest absolute Gasteiger partial charge is 0.383 e. The van der Waals surface area contributed by atoms with Crippen LogP contribution >= 0.6 is 11.6 Å². The van der Waals surface area contributed by atoms with Crippen molar-refractivity contribution in [3.63, 3.8) is 0 Å². The molecule has 28 heavy (non-hydrogen) atoms. The summed E-state index contributed by atoms with van der Waals surface area (Å²) >= 11 is 6.11. The van der Waals surface area contributed by atoms with Crippen molar-refractivity contribution in [2.24, 2.45) is 5.10 Å². The molecule has 4 rings (SSSR count). The Hall–Kier alpha value is -3.04. The molecule has 2 aliphatic rings. The van der Waals surface area contributed by atoms with Crippen LogP contribution in [0.25, 0.3) is 11.1 Å². The first-order valence-corrected chi connectivity index (χ1v) is 8.73. The summed E-state index contributed by atoms with van der Waals surface area (Å²) in [5, 5.41) is 5.15. The Labute approximate surface area is 164 Å². The van der Waals surface area contributed by atoms with Gasteiger partial charge in [-0.25, -0.2) is 19.3 Å². The van der Waals surface area contributed by atoms with E-state index in [4.69, 9.17) is 17.3 Å². The Morgan fingerprint density at radius 2 is 2.14 bits per heavy atom. The number of rotatable bonds is 3. The Morgan fingerprint density at radius 1 is 1.32 bits per heavy atom. The minimum atomic E-state index is -1.96. The summed E-state index contributed by atoms with van der Waals surface area (Å²) in [5.41, 5.74) is 11.3. The van der Waals surface area contributed by atoms with Gasteiger partial charge in [-0.1, -0.05) is 17.7 Å². The van der Waals surface area contributed by atoms with Gasteiger partial charge < -0.3 is 5.73 Å². The van der Waals surface area contributed by atoms with E-state index in [0.717, 1.165) is 23.3 Å². The first-order chi connectivity index (χ1) is 13.4. The summed E-state index contributed by atoms with van der Waals surface area (Å²) < 4.78 is 29.2. The molecule has 0 amide bonds. The van der Waals surface area contributed by atoms with Crippen molar-refractivity contribution in [1.82, 2.24) is 26.0 Å². The van der Waals surface area contributed by atoms with Crippen molar-refractivity contribution >= 4 is 23.3 Å². The van der Waals surface area contributed by atoms with E-state index in [2.05, 4.69) is 26.1 Å². The minimum absolute atomic E-state index is 0.175. The SMILES string of the molecule is CC1(F)C=CC(F)=C(Cl)C1N1NNN=C1c1cc(-c2cccnc2)cnc1N. The van der Waals surface area contributed by atoms with E-state index < -0.39 is 17.5 Å². The number of hydrogen-bond acceptors (Lipinski definition) is 7. The fourth-order valence-electron chi connectivity index (χ4n) is 3.11. The van der Waals surface area contributed by atoms with Gasteiger partial charge in [-0.05, 0) is 31.2 Å². The number of nitrogens with two attached hydrogens (primary N) is 1. The maximum Gasteiger partial charge on any atom is 0.177 e. The van der Waals surface area contributed by atoms with Gasteiger partial charge in [0.25, 0.3) is 0 Å². The van der Waals surface area contributed by atoms with Crippen molar-refractivity contribution in [2.75, 3.05) is 5.73 Å². The van der Waals surface area contributed by atoms with E-state index >= 15 is 4.39 Å². The van der Waals surface area contributed by atoms with Gasteiger partial charge in [0.1, 0.15) is 17.7 Å². The standard InChI is InChI=1S/C18H16ClF2N7/c1-18(21)5-4-13(20)14(19)15(18)28-17(25-26-27-28)12-7-11(9-24-16(12)22)10-3-2-6-23-8-10/h2-9,15,26-27H,1H3,(H2,22,24). The van der Waals surface area contributed by atoms with Crippen molar-refractivity contribution in [2.45, 2.75) is 18.6 Å². The number of nitrogen functional groups attached to an aromatic ring is 1. The van der Waals surface area contributed by atoms with Gasteiger partial charge >= 0.3 is 0 Å². The molecule has 0 bridgehead atoms. The second-order valence-corrected chi connectivity index (χ2v) is 6.92. The average Bonchev–Trinajstić information content (AvgIpc) is 3.15. The number of hydrazine groups is 2. The van der Waals surface area contributed by atoms with E-state index in [0.29, 0.717) is 5.56 Å². The number of aromatic nitrogens is 2. The number of alkyl halides is 1. The summed E-state index contributed by atoms with van der Waals surface area (Å²) in [6.45, 7) is 1.30. The molecule has 2 atom stereocenters. The second-order valence-electron chi connectivity index (χ2n) is 6.51. The number of hydrogen-bond donors (Lipinski definition) is 3. The van der Waals surface area contributed by atoms with E-state index in [1.807, 2.05) is 6.07 Å². The Morgan fingerprint density at radius 3 is 2.89 bits per heavy atom. The lowest BCUT2D eigenvalue weighted by Gasteiger charge is -2.37. The normalized spacial score (nSPS) is 24.4. The number of halogens is 3. The van der Waals surface area contributed by atoms with E-state index in [1.54, 1.807) is 30.7 Å². The van der Waals surface area contributed by atoms with Gasteiger partial charge in [0.05, 0.1) is 10.6 Å². The fourth-order valence-corrected chi connectivity index (χ4v) is 3.49. The first kappa shape index (κ1) is 18.3. The van der Waals surface area contributed by atoms with Gasteiger partial charge in [-0.3, -0.25) is 9.99 Å². The Kier molecular flexibility index (Phi) is 4.48. The summed E-state index contributed by atoms with van der Waals surface area (Å²) in [6, 6.07) is 4.22. The van der Waals surface area contributed by atoms with Crippen molar-refractivity contribution in [1.29, 1.82) is 0 Å². The number of nitrogens with zero attached hydrogens (tertiary/aromatic N) is 4. The molecule has 10 heteroatoms. The molecular formula is C18H16ClF2N7. The lowest BCUT2D eigenvalue weighted by atomic mass is 9.92. The average molecular weight is 404 g/mol. The zero-order chi connectivity index (χ0) is 19.9. The van der Waals surface area contributed by atoms with Gasteiger partial charge in [0.15, 0.2) is 11.5 Å². The monoisotopic (exact) mass is 403 g/mol. The molecule has 144 valence electrons. The van der Waals surface area contributed by atoms with Crippen LogP contribution < -0.4 is 16.8 Å².